The Bertz CT molecular complexity index is 391. The third-order valence-corrected chi connectivity index (χ3v) is 3.66. The first-order valence-corrected chi connectivity index (χ1v) is 10.5. The van der Waals surface area contributed by atoms with Gasteiger partial charge >= 0.3 is 0 Å². The summed E-state index contributed by atoms with van der Waals surface area (Å²) < 4.78 is 6.23. The number of hydrogen-bond donors (Lipinski definition) is 0. The van der Waals surface area contributed by atoms with E-state index in [1.807, 2.05) is 0 Å². The predicted octanol–water partition coefficient (Wildman–Crippen LogP) is 4.26. The van der Waals surface area contributed by atoms with Gasteiger partial charge in [0.2, 0.25) is 8.32 Å². The fraction of sp³-hybridized carbons (Fsp3) is 0.500. The van der Waals surface area contributed by atoms with Gasteiger partial charge in [-0.3, -0.25) is 0 Å². The van der Waals surface area contributed by atoms with E-state index >= 15 is 0 Å². The number of benzene rings is 1. The van der Waals surface area contributed by atoms with Crippen molar-refractivity contribution >= 4 is 8.32 Å². The molecule has 0 N–H and O–H groups in total. The summed E-state index contributed by atoms with van der Waals surface area (Å²) in [5.74, 6) is 1.05. The van der Waals surface area contributed by atoms with Gasteiger partial charge in [-0.1, -0.05) is 30.3 Å². The van der Waals surface area contributed by atoms with Crippen LogP contribution >= 0.6 is 0 Å². The highest BCUT2D eigenvalue weighted by Crippen LogP contribution is 2.15. The van der Waals surface area contributed by atoms with Crippen LogP contribution in [0, 0.1) is 0 Å². The summed E-state index contributed by atoms with van der Waals surface area (Å²) in [7, 11) is -1.56. The monoisotopic (exact) mass is 277 g/mol. The van der Waals surface area contributed by atoms with Crippen LogP contribution in [0.25, 0.3) is 0 Å². The molecule has 0 fully saturated rings. The van der Waals surface area contributed by atoms with E-state index in [0.29, 0.717) is 0 Å². The zero-order valence-corrected chi connectivity index (χ0v) is 13.9. The Kier molecular flexibility index (Phi) is 6.16. The summed E-state index contributed by atoms with van der Waals surface area (Å²) in [5, 5.41) is 0. The molecule has 0 saturated heterocycles. The molecule has 0 saturated carbocycles. The fourth-order valence-corrected chi connectivity index (χ4v) is 2.74. The average molecular weight is 277 g/mol. The second kappa shape index (κ2) is 7.39. The van der Waals surface area contributed by atoms with Crippen LogP contribution in [0.15, 0.2) is 42.3 Å². The molecule has 0 aliphatic heterocycles. The van der Waals surface area contributed by atoms with Gasteiger partial charge in [0.25, 0.3) is 0 Å². The normalized spacial score (nSPS) is 12.4. The van der Waals surface area contributed by atoms with Crippen molar-refractivity contribution in [2.24, 2.45) is 0 Å². The summed E-state index contributed by atoms with van der Waals surface area (Å²) in [4.78, 5) is 2.29. The topological polar surface area (TPSA) is 12.5 Å². The molecule has 0 unspecified atom stereocenters. The Morgan fingerprint density at radius 3 is 2.16 bits per heavy atom. The van der Waals surface area contributed by atoms with E-state index in [1.54, 1.807) is 0 Å². The van der Waals surface area contributed by atoms with Crippen molar-refractivity contribution in [3.05, 3.63) is 47.9 Å². The maximum absolute atomic E-state index is 6.23. The van der Waals surface area contributed by atoms with Crippen LogP contribution in [0.3, 0.4) is 0 Å². The summed E-state index contributed by atoms with van der Waals surface area (Å²) in [5.41, 5.74) is 1.33. The number of rotatable bonds is 7. The van der Waals surface area contributed by atoms with E-state index in [4.69, 9.17) is 4.43 Å². The highest BCUT2D eigenvalue weighted by Gasteiger charge is 2.20. The molecule has 0 aromatic heterocycles. The standard InChI is InChI=1S/C16H27NOSi/c1-6-17(7-2)16(18-19(3,4)5)14-13-15-11-9-8-10-12-15/h8-12,14H,6-7,13H2,1-5H3/b16-14+. The van der Waals surface area contributed by atoms with Gasteiger partial charge < -0.3 is 9.33 Å². The molecule has 1 rings (SSSR count). The molecule has 0 aliphatic rings. The lowest BCUT2D eigenvalue weighted by atomic mass is 10.1. The predicted molar refractivity (Wildman–Crippen MR) is 85.6 cm³/mol. The molecular weight excluding hydrogens is 250 g/mol. The summed E-state index contributed by atoms with van der Waals surface area (Å²) in [6.07, 6.45) is 3.15. The molecule has 19 heavy (non-hydrogen) atoms. The number of nitrogens with zero attached hydrogens (tertiary/aromatic N) is 1. The van der Waals surface area contributed by atoms with Crippen molar-refractivity contribution in [2.45, 2.75) is 39.9 Å². The third kappa shape index (κ3) is 5.97. The van der Waals surface area contributed by atoms with Gasteiger partial charge in [-0.25, -0.2) is 0 Å². The van der Waals surface area contributed by atoms with E-state index in [9.17, 15) is 0 Å². The van der Waals surface area contributed by atoms with Crippen LogP contribution in [0.5, 0.6) is 0 Å². The lowest BCUT2D eigenvalue weighted by molar-refractivity contribution is 0.225. The molecule has 2 nitrogen and oxygen atoms in total. The fourth-order valence-electron chi connectivity index (χ4n) is 1.90. The van der Waals surface area contributed by atoms with Crippen molar-refractivity contribution < 1.29 is 4.43 Å². The molecule has 0 bridgehead atoms. The van der Waals surface area contributed by atoms with Gasteiger partial charge in [-0.05, 0) is 51.5 Å². The molecule has 3 heteroatoms. The molecule has 0 amide bonds. The van der Waals surface area contributed by atoms with E-state index < -0.39 is 8.32 Å². The second-order valence-corrected chi connectivity index (χ2v) is 10.0. The lowest BCUT2D eigenvalue weighted by Gasteiger charge is -2.30. The highest BCUT2D eigenvalue weighted by molar-refractivity contribution is 6.70. The molecule has 0 atom stereocenters. The van der Waals surface area contributed by atoms with Crippen molar-refractivity contribution in [3.8, 4) is 0 Å². The van der Waals surface area contributed by atoms with E-state index in [1.165, 1.54) is 5.56 Å². The van der Waals surface area contributed by atoms with Gasteiger partial charge in [-0.2, -0.15) is 0 Å². The smallest absolute Gasteiger partial charge is 0.244 e. The Morgan fingerprint density at radius 2 is 1.68 bits per heavy atom. The molecular formula is C16H27NOSi. The highest BCUT2D eigenvalue weighted by atomic mass is 28.4. The maximum atomic E-state index is 6.23. The summed E-state index contributed by atoms with van der Waals surface area (Å²) in [6.45, 7) is 13.0. The Morgan fingerprint density at radius 1 is 1.11 bits per heavy atom. The molecule has 0 radical (unpaired) electrons. The first kappa shape index (κ1) is 15.8. The molecule has 1 aromatic carbocycles. The van der Waals surface area contributed by atoms with Crippen LogP contribution in [0.4, 0.5) is 0 Å². The van der Waals surface area contributed by atoms with Crippen molar-refractivity contribution in [2.75, 3.05) is 13.1 Å². The van der Waals surface area contributed by atoms with Gasteiger partial charge in [0.1, 0.15) is 0 Å². The van der Waals surface area contributed by atoms with Gasteiger partial charge in [0, 0.05) is 13.1 Å². The van der Waals surface area contributed by atoms with Crippen LogP contribution in [-0.4, -0.2) is 26.3 Å². The van der Waals surface area contributed by atoms with E-state index in [0.717, 1.165) is 25.4 Å². The molecule has 0 aliphatic carbocycles. The minimum absolute atomic E-state index is 0.928. The Hall–Kier alpha value is -1.22. The Labute approximate surface area is 119 Å². The lowest BCUT2D eigenvalue weighted by Crippen LogP contribution is -2.33. The van der Waals surface area contributed by atoms with E-state index in [2.05, 4.69) is 74.8 Å². The van der Waals surface area contributed by atoms with Crippen molar-refractivity contribution in [3.63, 3.8) is 0 Å². The maximum Gasteiger partial charge on any atom is 0.244 e. The van der Waals surface area contributed by atoms with Crippen molar-refractivity contribution in [1.82, 2.24) is 4.90 Å². The van der Waals surface area contributed by atoms with Crippen LogP contribution in [0.1, 0.15) is 19.4 Å². The van der Waals surface area contributed by atoms with Crippen molar-refractivity contribution in [1.29, 1.82) is 0 Å². The molecule has 0 heterocycles. The summed E-state index contributed by atoms with van der Waals surface area (Å²) in [6, 6.07) is 10.5. The second-order valence-electron chi connectivity index (χ2n) is 5.62. The number of hydrogen-bond acceptors (Lipinski definition) is 2. The minimum Gasteiger partial charge on any atom is -0.533 e. The molecule has 106 valence electrons. The zero-order valence-electron chi connectivity index (χ0n) is 12.9. The Balaban J connectivity index is 2.83. The third-order valence-electron chi connectivity index (χ3n) is 2.84. The summed E-state index contributed by atoms with van der Waals surface area (Å²) >= 11 is 0. The van der Waals surface area contributed by atoms with E-state index in [-0.39, 0.29) is 0 Å². The largest absolute Gasteiger partial charge is 0.533 e. The quantitative estimate of drug-likeness (QED) is 0.545. The van der Waals surface area contributed by atoms with Crippen LogP contribution in [-0.2, 0) is 10.8 Å². The zero-order chi connectivity index (χ0) is 14.3. The van der Waals surface area contributed by atoms with Gasteiger partial charge in [0.05, 0.1) is 0 Å². The van der Waals surface area contributed by atoms with Crippen LogP contribution in [0.2, 0.25) is 19.6 Å². The number of allylic oxidation sites excluding steroid dienone is 1. The van der Waals surface area contributed by atoms with Crippen LogP contribution < -0.4 is 0 Å². The SMILES string of the molecule is CCN(CC)/C(=C\Cc1ccccc1)O[Si](C)(C)C. The first-order chi connectivity index (χ1) is 8.96. The first-order valence-electron chi connectivity index (χ1n) is 7.14. The molecule has 1 aromatic rings. The molecule has 0 spiro atoms. The average Bonchev–Trinajstić information content (AvgIpc) is 2.37. The van der Waals surface area contributed by atoms with Gasteiger partial charge in [-0.15, -0.1) is 0 Å². The minimum atomic E-state index is -1.56. The van der Waals surface area contributed by atoms with Gasteiger partial charge in [0.15, 0.2) is 5.88 Å².